The Hall–Kier alpha value is -2.25. The first kappa shape index (κ1) is 15.6. The van der Waals surface area contributed by atoms with Gasteiger partial charge in [0.2, 0.25) is 0 Å². The molecule has 5 atom stereocenters. The Labute approximate surface area is 132 Å². The van der Waals surface area contributed by atoms with E-state index in [1.165, 1.54) is 12.7 Å². The lowest BCUT2D eigenvalue weighted by molar-refractivity contribution is -0.0138. The van der Waals surface area contributed by atoms with Crippen LogP contribution in [0.2, 0.25) is 0 Å². The van der Waals surface area contributed by atoms with Crippen molar-refractivity contribution in [3.05, 3.63) is 12.7 Å². The number of hydrogen-bond donors (Lipinski definition) is 5. The monoisotopic (exact) mass is 318 g/mol. The Balaban J connectivity index is 1.97. The number of nitrogens with two attached hydrogens (primary N) is 1. The molecule has 2 heterocycles. The van der Waals surface area contributed by atoms with Crippen molar-refractivity contribution < 1.29 is 15.3 Å². The van der Waals surface area contributed by atoms with E-state index in [9.17, 15) is 15.3 Å². The van der Waals surface area contributed by atoms with Crippen LogP contribution in [0.1, 0.15) is 19.4 Å². The van der Waals surface area contributed by atoms with Gasteiger partial charge >= 0.3 is 0 Å². The van der Waals surface area contributed by atoms with Gasteiger partial charge in [0.25, 0.3) is 0 Å². The molecule has 0 saturated heterocycles. The molecule has 9 nitrogen and oxygen atoms in total. The van der Waals surface area contributed by atoms with Gasteiger partial charge in [-0.25, -0.2) is 20.8 Å². The summed E-state index contributed by atoms with van der Waals surface area (Å²) in [5.74, 6) is 10.5. The van der Waals surface area contributed by atoms with E-state index in [0.29, 0.717) is 23.4 Å². The quantitative estimate of drug-likeness (QED) is 0.269. The predicted octanol–water partition coefficient (Wildman–Crippen LogP) is -1.22. The average Bonchev–Trinajstić information content (AvgIpc) is 3.10. The molecule has 0 spiro atoms. The van der Waals surface area contributed by atoms with Crippen LogP contribution in [0, 0.1) is 17.8 Å². The Morgan fingerprint density at radius 3 is 2.83 bits per heavy atom. The number of hydrazine groups is 1. The molecule has 122 valence electrons. The number of nitrogens with one attached hydrogen (secondary N) is 1. The van der Waals surface area contributed by atoms with Gasteiger partial charge in [-0.05, 0) is 13.3 Å². The topological polar surface area (TPSA) is 142 Å². The largest absolute Gasteiger partial charge is 0.390 e. The van der Waals surface area contributed by atoms with Gasteiger partial charge < -0.3 is 25.3 Å². The number of rotatable bonds is 3. The number of hydrogen-bond acceptors (Lipinski definition) is 8. The second kappa shape index (κ2) is 6.10. The van der Waals surface area contributed by atoms with Crippen LogP contribution >= 0.6 is 0 Å². The highest BCUT2D eigenvalue weighted by molar-refractivity contribution is 5.82. The Morgan fingerprint density at radius 1 is 1.35 bits per heavy atom. The predicted molar refractivity (Wildman–Crippen MR) is 81.7 cm³/mol. The molecule has 9 heteroatoms. The lowest BCUT2D eigenvalue weighted by atomic mass is 9.98. The number of aromatic nitrogens is 4. The summed E-state index contributed by atoms with van der Waals surface area (Å²) in [5.41, 5.74) is 3.39. The molecule has 0 aliphatic heterocycles. The lowest BCUT2D eigenvalue weighted by Gasteiger charge is -2.18. The summed E-state index contributed by atoms with van der Waals surface area (Å²) in [6, 6.07) is -0.478. The first-order valence-corrected chi connectivity index (χ1v) is 7.19. The third kappa shape index (κ3) is 2.51. The maximum Gasteiger partial charge on any atom is 0.171 e. The molecule has 1 saturated carbocycles. The van der Waals surface area contributed by atoms with E-state index in [4.69, 9.17) is 5.84 Å². The Bertz CT molecular complexity index is 767. The highest BCUT2D eigenvalue weighted by Gasteiger charge is 2.45. The zero-order valence-corrected chi connectivity index (χ0v) is 12.5. The highest BCUT2D eigenvalue weighted by atomic mass is 16.3. The summed E-state index contributed by atoms with van der Waals surface area (Å²) >= 11 is 0. The third-order valence-corrected chi connectivity index (χ3v) is 4.25. The maximum absolute atomic E-state index is 10.4. The van der Waals surface area contributed by atoms with Crippen molar-refractivity contribution in [2.24, 2.45) is 11.8 Å². The molecule has 0 bridgehead atoms. The summed E-state index contributed by atoms with van der Waals surface area (Å²) in [5, 5.41) is 30.6. The van der Waals surface area contributed by atoms with E-state index in [0.717, 1.165) is 0 Å². The molecule has 0 amide bonds. The summed E-state index contributed by atoms with van der Waals surface area (Å²) in [7, 11) is 0. The van der Waals surface area contributed by atoms with Crippen molar-refractivity contribution in [1.29, 1.82) is 0 Å². The van der Waals surface area contributed by atoms with Gasteiger partial charge in [-0.3, -0.25) is 0 Å². The van der Waals surface area contributed by atoms with Gasteiger partial charge in [-0.1, -0.05) is 5.92 Å². The summed E-state index contributed by atoms with van der Waals surface area (Å²) in [6.07, 6.45) is 0.0557. The van der Waals surface area contributed by atoms with Crippen LogP contribution in [0.4, 0.5) is 5.82 Å². The number of imidazole rings is 1. The Kier molecular flexibility index (Phi) is 4.14. The molecule has 1 aliphatic rings. The molecule has 0 unspecified atom stereocenters. The van der Waals surface area contributed by atoms with E-state index in [2.05, 4.69) is 32.2 Å². The van der Waals surface area contributed by atoms with Crippen molar-refractivity contribution in [2.45, 2.75) is 37.7 Å². The number of nitrogen functional groups attached to an aromatic ring is 1. The molecule has 2 aromatic rings. The van der Waals surface area contributed by atoms with Crippen LogP contribution in [0.3, 0.4) is 0 Å². The van der Waals surface area contributed by atoms with E-state index in [-0.39, 0.29) is 0 Å². The van der Waals surface area contributed by atoms with Crippen molar-refractivity contribution >= 4 is 17.0 Å². The molecule has 3 rings (SSSR count). The van der Waals surface area contributed by atoms with Crippen molar-refractivity contribution in [2.75, 3.05) is 5.43 Å². The van der Waals surface area contributed by atoms with E-state index in [1.54, 1.807) is 11.5 Å². The standard InChI is InChI=1S/C14H18N6O3/c1-2-3-9(21)7-4-8(12(23)11(7)22)20-6-18-10-13(19-15)16-5-17-14(10)20/h5-9,11-12,21-23H,4,15H2,1H3,(H,16,17,19)/t7-,8-,9-,11-,12+/m1/s1. The molecular weight excluding hydrogens is 300 g/mol. The van der Waals surface area contributed by atoms with E-state index in [1.807, 2.05) is 0 Å². The first-order chi connectivity index (χ1) is 11.1. The Morgan fingerprint density at radius 2 is 2.13 bits per heavy atom. The van der Waals surface area contributed by atoms with Crippen molar-refractivity contribution in [3.63, 3.8) is 0 Å². The molecule has 2 aromatic heterocycles. The minimum absolute atomic E-state index is 0.346. The fraction of sp³-hybridized carbons (Fsp3) is 0.500. The summed E-state index contributed by atoms with van der Waals surface area (Å²) in [6.45, 7) is 1.61. The minimum atomic E-state index is -1.08. The number of aliphatic hydroxyl groups is 3. The normalized spacial score (nSPS) is 28.4. The highest BCUT2D eigenvalue weighted by Crippen LogP contribution is 2.38. The zero-order chi connectivity index (χ0) is 16.6. The molecule has 1 aliphatic carbocycles. The fourth-order valence-corrected chi connectivity index (χ4v) is 3.09. The van der Waals surface area contributed by atoms with Crippen LogP contribution in [-0.4, -0.2) is 53.2 Å². The summed E-state index contributed by atoms with van der Waals surface area (Å²) < 4.78 is 1.66. The van der Waals surface area contributed by atoms with Crippen molar-refractivity contribution in [1.82, 2.24) is 19.5 Å². The van der Waals surface area contributed by atoms with E-state index < -0.39 is 30.3 Å². The van der Waals surface area contributed by atoms with Gasteiger partial charge in [-0.15, -0.1) is 5.92 Å². The van der Waals surface area contributed by atoms with Gasteiger partial charge in [0, 0.05) is 5.92 Å². The van der Waals surface area contributed by atoms with Crippen molar-refractivity contribution in [3.8, 4) is 11.8 Å². The molecule has 1 fully saturated rings. The SMILES string of the molecule is CC#C[C@@H](O)[C@H]1C[C@@H](n2cnc3c(NN)ncnc32)[C@H](O)[C@@H]1O. The molecule has 23 heavy (non-hydrogen) atoms. The lowest BCUT2D eigenvalue weighted by Crippen LogP contribution is -2.33. The van der Waals surface area contributed by atoms with Crippen LogP contribution in [-0.2, 0) is 0 Å². The first-order valence-electron chi connectivity index (χ1n) is 7.19. The van der Waals surface area contributed by atoms with Gasteiger partial charge in [0.15, 0.2) is 17.0 Å². The fourth-order valence-electron chi connectivity index (χ4n) is 3.09. The number of fused-ring (bicyclic) bond motifs is 1. The molecule has 0 aromatic carbocycles. The second-order valence-electron chi connectivity index (χ2n) is 5.48. The zero-order valence-electron chi connectivity index (χ0n) is 12.5. The number of anilines is 1. The van der Waals surface area contributed by atoms with Crippen LogP contribution < -0.4 is 11.3 Å². The average molecular weight is 318 g/mol. The molecule has 0 radical (unpaired) electrons. The summed E-state index contributed by atoms with van der Waals surface area (Å²) in [4.78, 5) is 12.4. The number of nitrogens with zero attached hydrogens (tertiary/aromatic N) is 4. The van der Waals surface area contributed by atoms with Gasteiger partial charge in [0.1, 0.15) is 18.5 Å². The molecule has 6 N–H and O–H groups in total. The second-order valence-corrected chi connectivity index (χ2v) is 5.48. The van der Waals surface area contributed by atoms with Gasteiger partial charge in [0.05, 0.1) is 18.5 Å². The smallest absolute Gasteiger partial charge is 0.171 e. The third-order valence-electron chi connectivity index (χ3n) is 4.25. The van der Waals surface area contributed by atoms with Crippen LogP contribution in [0.15, 0.2) is 12.7 Å². The van der Waals surface area contributed by atoms with Crippen LogP contribution in [0.25, 0.3) is 11.2 Å². The maximum atomic E-state index is 10.4. The number of aliphatic hydroxyl groups excluding tert-OH is 3. The minimum Gasteiger partial charge on any atom is -0.390 e. The van der Waals surface area contributed by atoms with E-state index >= 15 is 0 Å². The molecular formula is C14H18N6O3. The van der Waals surface area contributed by atoms with Gasteiger partial charge in [-0.2, -0.15) is 0 Å². The van der Waals surface area contributed by atoms with Crippen LogP contribution in [0.5, 0.6) is 0 Å².